The highest BCUT2D eigenvalue weighted by atomic mass is 19.4. The Morgan fingerprint density at radius 1 is 0.885 bits per heavy atom. The second-order valence-corrected chi connectivity index (χ2v) is 15.4. The molecule has 4 rings (SSSR count). The minimum atomic E-state index is -4.79. The Morgan fingerprint density at radius 3 is 2.18 bits per heavy atom. The zero-order chi connectivity index (χ0) is 44.9. The number of nitrogens with zero attached hydrogens (tertiary/aromatic N) is 2. The maximum Gasteiger partial charge on any atom is 0.422 e. The van der Waals surface area contributed by atoms with E-state index in [-0.39, 0.29) is 29.2 Å². The van der Waals surface area contributed by atoms with E-state index in [1.165, 1.54) is 6.07 Å². The third-order valence-electron chi connectivity index (χ3n) is 10.4. The van der Waals surface area contributed by atoms with Crippen LogP contribution in [0.2, 0.25) is 0 Å². The molecule has 13 heteroatoms. The van der Waals surface area contributed by atoms with Crippen LogP contribution < -0.4 is 9.47 Å². The predicted octanol–water partition coefficient (Wildman–Crippen LogP) is 12.4. The normalized spacial score (nSPS) is 15.9. The first-order valence-corrected chi connectivity index (χ1v) is 20.7. The van der Waals surface area contributed by atoms with E-state index >= 15 is 0 Å². The molecule has 1 atom stereocenters. The molecule has 0 saturated heterocycles. The van der Waals surface area contributed by atoms with Gasteiger partial charge in [-0.15, -0.1) is 0 Å². The van der Waals surface area contributed by atoms with Gasteiger partial charge in [0, 0.05) is 60.5 Å². The van der Waals surface area contributed by atoms with Gasteiger partial charge in [-0.25, -0.2) is 4.79 Å². The van der Waals surface area contributed by atoms with E-state index in [1.807, 2.05) is 76.2 Å². The number of ketones is 1. The summed E-state index contributed by atoms with van der Waals surface area (Å²) in [7, 11) is 0. The van der Waals surface area contributed by atoms with Crippen LogP contribution >= 0.6 is 0 Å². The van der Waals surface area contributed by atoms with Crippen molar-refractivity contribution < 1.29 is 50.2 Å². The van der Waals surface area contributed by atoms with Crippen molar-refractivity contribution in [1.29, 1.82) is 0 Å². The van der Waals surface area contributed by atoms with Crippen molar-refractivity contribution in [2.75, 3.05) is 26.3 Å². The monoisotopic (exact) mass is 854 g/mol. The van der Waals surface area contributed by atoms with Crippen molar-refractivity contribution in [3.63, 3.8) is 0 Å². The van der Waals surface area contributed by atoms with Gasteiger partial charge < -0.3 is 19.2 Å². The van der Waals surface area contributed by atoms with Gasteiger partial charge in [-0.2, -0.15) is 26.3 Å². The van der Waals surface area contributed by atoms with Gasteiger partial charge in [0.05, 0.1) is 0 Å². The lowest BCUT2D eigenvalue weighted by Crippen LogP contribution is -2.30. The van der Waals surface area contributed by atoms with Crippen LogP contribution in [0.3, 0.4) is 0 Å². The molecule has 0 amide bonds. The molecule has 0 aliphatic carbocycles. The summed E-state index contributed by atoms with van der Waals surface area (Å²) in [5.41, 5.74) is 7.59. The number of hydrogen-bond acceptors (Lipinski definition) is 7. The molecule has 0 radical (unpaired) electrons. The van der Waals surface area contributed by atoms with Gasteiger partial charge in [0.1, 0.15) is 17.2 Å². The summed E-state index contributed by atoms with van der Waals surface area (Å²) in [6, 6.07) is 15.2. The van der Waals surface area contributed by atoms with Crippen molar-refractivity contribution >= 4 is 23.2 Å². The number of hydrogen-bond donors (Lipinski definition) is 0. The number of carbonyl (C=O) groups excluding carboxylic acids is 2. The third kappa shape index (κ3) is 14.4. The van der Waals surface area contributed by atoms with E-state index in [0.717, 1.165) is 83.8 Å². The minimum Gasteiger partial charge on any atom is -0.484 e. The molecule has 0 saturated carbocycles. The molecule has 7 nitrogen and oxygen atoms in total. The molecular formula is C48H56F6N2O5. The molecule has 0 aromatic heterocycles. The van der Waals surface area contributed by atoms with Crippen molar-refractivity contribution in [2.45, 2.75) is 106 Å². The number of alkyl halides is 6. The number of ether oxygens (including phenoxy) is 2. The highest BCUT2D eigenvalue weighted by molar-refractivity contribution is 6.16. The number of rotatable bonds is 18. The summed E-state index contributed by atoms with van der Waals surface area (Å²) < 4.78 is 89.5. The van der Waals surface area contributed by atoms with Gasteiger partial charge in [-0.3, -0.25) is 4.79 Å². The van der Waals surface area contributed by atoms with Gasteiger partial charge in [0.25, 0.3) is 0 Å². The van der Waals surface area contributed by atoms with Crippen LogP contribution in [0, 0.1) is 26.7 Å². The highest BCUT2D eigenvalue weighted by Crippen LogP contribution is 2.36. The standard InChI is InChI=1S/C48H56F6N2O5/c1-8-11-15-35(9-2)28-56-23-14-17-37(45(55-61-34(7)57)41-22-21-39(59-29-47(49,50)51)27-43(41)60-30-48(52,53)54)20-19-36(10-3)46(56)40-18-13-12-16-38(40)26-42(58)44-32(5)24-31(4)25-33(44)6/h12-14,16-18,20-22,24-25,27,35H,8-11,15,19,23,26,28-30H2,1-7H3/b17-14-,37-20+,46-36?,55-45+. The maximum atomic E-state index is 14.1. The molecule has 61 heavy (non-hydrogen) atoms. The van der Waals surface area contributed by atoms with E-state index in [9.17, 15) is 35.9 Å². The molecule has 1 aliphatic rings. The van der Waals surface area contributed by atoms with Crippen LogP contribution in [0.4, 0.5) is 26.3 Å². The second kappa shape index (κ2) is 22.0. The molecule has 1 aliphatic heterocycles. The van der Waals surface area contributed by atoms with Crippen LogP contribution in [0.15, 0.2) is 89.1 Å². The largest absolute Gasteiger partial charge is 0.484 e. The first-order chi connectivity index (χ1) is 28.8. The Morgan fingerprint density at radius 2 is 1.56 bits per heavy atom. The fraction of sp³-hybridized carbons (Fsp3) is 0.438. The highest BCUT2D eigenvalue weighted by Gasteiger charge is 2.31. The molecule has 1 unspecified atom stereocenters. The van der Waals surface area contributed by atoms with E-state index in [0.29, 0.717) is 43.0 Å². The molecule has 3 aromatic carbocycles. The molecule has 0 N–H and O–H groups in total. The van der Waals surface area contributed by atoms with E-state index < -0.39 is 37.3 Å². The van der Waals surface area contributed by atoms with Gasteiger partial charge >= 0.3 is 18.3 Å². The van der Waals surface area contributed by atoms with E-state index in [4.69, 9.17) is 14.3 Å². The Labute approximate surface area is 355 Å². The number of benzene rings is 3. The zero-order valence-electron chi connectivity index (χ0n) is 36.0. The lowest BCUT2D eigenvalue weighted by atomic mass is 9.89. The summed E-state index contributed by atoms with van der Waals surface area (Å²) in [5, 5.41) is 4.08. The van der Waals surface area contributed by atoms with Crippen LogP contribution in [0.25, 0.3) is 5.70 Å². The zero-order valence-corrected chi connectivity index (χ0v) is 36.0. The number of Topliss-reactive ketones (excluding diaryl/α,β-unsaturated/α-hetero) is 1. The Balaban J connectivity index is 1.91. The number of carbonyl (C=O) groups is 2. The van der Waals surface area contributed by atoms with Gasteiger partial charge in [0.15, 0.2) is 19.0 Å². The summed E-state index contributed by atoms with van der Waals surface area (Å²) in [6.07, 6.45) is 1.07. The average Bonchev–Trinajstić information content (AvgIpc) is 3.26. The fourth-order valence-electron chi connectivity index (χ4n) is 7.65. The third-order valence-corrected chi connectivity index (χ3v) is 10.4. The Hall–Kier alpha value is -5.33. The Kier molecular flexibility index (Phi) is 17.4. The second-order valence-electron chi connectivity index (χ2n) is 15.4. The first-order valence-electron chi connectivity index (χ1n) is 20.7. The lowest BCUT2D eigenvalue weighted by molar-refractivity contribution is -0.154. The molecule has 0 bridgehead atoms. The van der Waals surface area contributed by atoms with E-state index in [2.05, 4.69) is 23.9 Å². The van der Waals surface area contributed by atoms with E-state index in [1.54, 1.807) is 6.08 Å². The molecule has 1 heterocycles. The molecule has 0 spiro atoms. The first kappa shape index (κ1) is 48.3. The number of aryl methyl sites for hydroxylation is 3. The number of unbranched alkanes of at least 4 members (excludes halogenated alkanes) is 1. The molecule has 3 aromatic rings. The molecular weight excluding hydrogens is 799 g/mol. The molecule has 0 fully saturated rings. The Bertz CT molecular complexity index is 2110. The summed E-state index contributed by atoms with van der Waals surface area (Å²) in [4.78, 5) is 33.6. The quantitative estimate of drug-likeness (QED) is 0.0417. The van der Waals surface area contributed by atoms with Crippen LogP contribution in [-0.4, -0.2) is 61.0 Å². The maximum absolute atomic E-state index is 14.1. The number of oxime groups is 1. The van der Waals surface area contributed by atoms with Gasteiger partial charge in [-0.05, 0) is 80.3 Å². The van der Waals surface area contributed by atoms with Crippen LogP contribution in [-0.2, 0) is 16.1 Å². The van der Waals surface area contributed by atoms with Crippen molar-refractivity contribution in [3.05, 3.63) is 123 Å². The summed E-state index contributed by atoms with van der Waals surface area (Å²) in [5.74, 6) is -1.33. The van der Waals surface area contributed by atoms with Crippen LogP contribution in [0.5, 0.6) is 11.5 Å². The minimum absolute atomic E-state index is 0.0110. The van der Waals surface area contributed by atoms with Crippen LogP contribution in [0.1, 0.15) is 110 Å². The van der Waals surface area contributed by atoms with Crippen molar-refractivity contribution in [2.24, 2.45) is 11.1 Å². The van der Waals surface area contributed by atoms with Crippen molar-refractivity contribution in [3.8, 4) is 11.5 Å². The lowest BCUT2D eigenvalue weighted by Gasteiger charge is -2.33. The fourth-order valence-corrected chi connectivity index (χ4v) is 7.65. The smallest absolute Gasteiger partial charge is 0.422 e. The predicted molar refractivity (Wildman–Crippen MR) is 227 cm³/mol. The van der Waals surface area contributed by atoms with Gasteiger partial charge in [0.2, 0.25) is 0 Å². The van der Waals surface area contributed by atoms with Crippen molar-refractivity contribution in [1.82, 2.24) is 4.90 Å². The summed E-state index contributed by atoms with van der Waals surface area (Å²) >= 11 is 0. The average molecular weight is 855 g/mol. The topological polar surface area (TPSA) is 77.4 Å². The van der Waals surface area contributed by atoms with Gasteiger partial charge in [-0.1, -0.05) is 105 Å². The summed E-state index contributed by atoms with van der Waals surface area (Å²) in [6.45, 7) is 11.0. The SMILES string of the molecule is CCCCC(CC)CN1C\C=C/C(C(=N\OC(C)=O)/c2ccc(OCC(F)(F)F)cc2OCC(F)(F)F)=C\CC(CC)=C1c1ccccc1CC(=O)c1c(C)cc(C)cc1C. The number of halogens is 6. The molecule has 330 valence electrons. The number of allylic oxidation sites excluding steroid dienone is 4.